The van der Waals surface area contributed by atoms with Gasteiger partial charge < -0.3 is 10.4 Å². The van der Waals surface area contributed by atoms with E-state index in [2.05, 4.69) is 15.5 Å². The van der Waals surface area contributed by atoms with Gasteiger partial charge in [-0.2, -0.15) is 9.90 Å². The number of carboxylic acid groups (broad SMARTS) is 1. The average Bonchev–Trinajstić information content (AvgIpc) is 2.48. The number of nitrogens with zero attached hydrogens (tertiary/aromatic N) is 3. The molecule has 1 aromatic heterocycles. The van der Waals surface area contributed by atoms with Crippen molar-refractivity contribution in [1.29, 1.82) is 0 Å². The lowest BCUT2D eigenvalue weighted by molar-refractivity contribution is -0.134. The molecule has 6 nitrogen and oxygen atoms in total. The van der Waals surface area contributed by atoms with E-state index in [1.165, 1.54) is 11.0 Å². The van der Waals surface area contributed by atoms with Crippen LogP contribution in [0.2, 0.25) is 0 Å². The molecule has 2 N–H and O–H groups in total. The number of anilines is 1. The standard InChI is InChI=1S/C6H10N4O2/c1-2-10-8-3-5(9-10)7-4-6(11)12/h3H,2,4H2,1H3,(H,7,9)(H,11,12). The van der Waals surface area contributed by atoms with Crippen LogP contribution in [0.15, 0.2) is 6.20 Å². The number of aromatic nitrogens is 3. The van der Waals surface area contributed by atoms with Crippen molar-refractivity contribution in [2.45, 2.75) is 13.5 Å². The van der Waals surface area contributed by atoms with Gasteiger partial charge in [0.25, 0.3) is 0 Å². The van der Waals surface area contributed by atoms with Crippen molar-refractivity contribution >= 4 is 11.8 Å². The Morgan fingerprint density at radius 2 is 2.58 bits per heavy atom. The van der Waals surface area contributed by atoms with Gasteiger partial charge in [-0.1, -0.05) is 0 Å². The van der Waals surface area contributed by atoms with Crippen molar-refractivity contribution in [3.05, 3.63) is 6.20 Å². The molecule has 0 aliphatic carbocycles. The fourth-order valence-corrected chi connectivity index (χ4v) is 0.697. The molecule has 0 aliphatic rings. The van der Waals surface area contributed by atoms with Crippen LogP contribution in [0.4, 0.5) is 5.82 Å². The second kappa shape index (κ2) is 3.70. The van der Waals surface area contributed by atoms with Crippen LogP contribution in [-0.2, 0) is 11.3 Å². The smallest absolute Gasteiger partial charge is 0.322 e. The first kappa shape index (κ1) is 8.51. The van der Waals surface area contributed by atoms with E-state index in [0.29, 0.717) is 12.4 Å². The van der Waals surface area contributed by atoms with Crippen molar-refractivity contribution in [3.63, 3.8) is 0 Å². The monoisotopic (exact) mass is 170 g/mol. The first-order valence-electron chi connectivity index (χ1n) is 3.58. The fourth-order valence-electron chi connectivity index (χ4n) is 0.697. The third kappa shape index (κ3) is 2.22. The summed E-state index contributed by atoms with van der Waals surface area (Å²) in [6.45, 7) is 2.44. The van der Waals surface area contributed by atoms with Crippen LogP contribution in [-0.4, -0.2) is 32.6 Å². The summed E-state index contributed by atoms with van der Waals surface area (Å²) >= 11 is 0. The largest absolute Gasteiger partial charge is 0.480 e. The van der Waals surface area contributed by atoms with E-state index < -0.39 is 5.97 Å². The highest BCUT2D eigenvalue weighted by atomic mass is 16.4. The van der Waals surface area contributed by atoms with Gasteiger partial charge in [-0.25, -0.2) is 0 Å². The van der Waals surface area contributed by atoms with Crippen molar-refractivity contribution in [1.82, 2.24) is 15.0 Å². The molecule has 0 amide bonds. The molecule has 0 atom stereocenters. The van der Waals surface area contributed by atoms with E-state index >= 15 is 0 Å². The lowest BCUT2D eigenvalue weighted by Gasteiger charge is -1.95. The zero-order chi connectivity index (χ0) is 8.97. The van der Waals surface area contributed by atoms with E-state index in [1.807, 2.05) is 6.92 Å². The van der Waals surface area contributed by atoms with Crippen LogP contribution in [0.5, 0.6) is 0 Å². The minimum absolute atomic E-state index is 0.137. The van der Waals surface area contributed by atoms with E-state index in [0.717, 1.165) is 0 Å². The molecule has 0 bridgehead atoms. The SMILES string of the molecule is CCn1ncc(NCC(=O)O)n1. The Labute approximate surface area is 69.2 Å². The second-order valence-corrected chi connectivity index (χ2v) is 2.17. The van der Waals surface area contributed by atoms with Crippen LogP contribution in [0.3, 0.4) is 0 Å². The van der Waals surface area contributed by atoms with E-state index in [-0.39, 0.29) is 6.54 Å². The van der Waals surface area contributed by atoms with Crippen molar-refractivity contribution in [2.75, 3.05) is 11.9 Å². The molecular formula is C6H10N4O2. The highest BCUT2D eigenvalue weighted by Gasteiger charge is 2.00. The van der Waals surface area contributed by atoms with E-state index in [4.69, 9.17) is 5.11 Å². The Morgan fingerprint density at radius 3 is 3.08 bits per heavy atom. The number of hydrogen-bond donors (Lipinski definition) is 2. The Balaban J connectivity index is 2.47. The molecule has 0 saturated carbocycles. The van der Waals surface area contributed by atoms with Crippen molar-refractivity contribution in [2.24, 2.45) is 0 Å². The molecule has 0 spiro atoms. The van der Waals surface area contributed by atoms with Crippen LogP contribution in [0, 0.1) is 0 Å². The fraction of sp³-hybridized carbons (Fsp3) is 0.500. The first-order valence-corrected chi connectivity index (χ1v) is 3.58. The second-order valence-electron chi connectivity index (χ2n) is 2.17. The summed E-state index contributed by atoms with van der Waals surface area (Å²) in [7, 11) is 0. The average molecular weight is 170 g/mol. The van der Waals surface area contributed by atoms with E-state index in [1.54, 1.807) is 0 Å². The molecule has 0 radical (unpaired) electrons. The lowest BCUT2D eigenvalue weighted by atomic mass is 10.6. The Morgan fingerprint density at radius 1 is 1.83 bits per heavy atom. The highest BCUT2D eigenvalue weighted by Crippen LogP contribution is 1.96. The number of rotatable bonds is 4. The summed E-state index contributed by atoms with van der Waals surface area (Å²) in [5.74, 6) is -0.430. The predicted molar refractivity (Wildman–Crippen MR) is 41.8 cm³/mol. The van der Waals surface area contributed by atoms with Gasteiger partial charge in [0.2, 0.25) is 0 Å². The summed E-state index contributed by atoms with van der Waals surface area (Å²) in [6, 6.07) is 0. The quantitative estimate of drug-likeness (QED) is 0.653. The van der Waals surface area contributed by atoms with Crippen molar-refractivity contribution < 1.29 is 9.90 Å². The zero-order valence-corrected chi connectivity index (χ0v) is 6.69. The number of aliphatic carboxylic acids is 1. The van der Waals surface area contributed by atoms with Crippen LogP contribution >= 0.6 is 0 Å². The first-order chi connectivity index (χ1) is 5.72. The number of aryl methyl sites for hydroxylation is 1. The van der Waals surface area contributed by atoms with Gasteiger partial charge >= 0.3 is 5.97 Å². The predicted octanol–water partition coefficient (Wildman–Crippen LogP) is -0.206. The zero-order valence-electron chi connectivity index (χ0n) is 6.69. The summed E-state index contributed by atoms with van der Waals surface area (Å²) < 4.78 is 0. The summed E-state index contributed by atoms with van der Waals surface area (Å²) in [5, 5.41) is 18.7. The van der Waals surface area contributed by atoms with Gasteiger partial charge in [0.05, 0.1) is 12.7 Å². The van der Waals surface area contributed by atoms with E-state index in [9.17, 15) is 4.79 Å². The molecule has 12 heavy (non-hydrogen) atoms. The molecule has 0 unspecified atom stereocenters. The molecule has 0 aromatic carbocycles. The van der Waals surface area contributed by atoms with Gasteiger partial charge in [-0.05, 0) is 6.92 Å². The topological polar surface area (TPSA) is 80.0 Å². The molecule has 66 valence electrons. The van der Waals surface area contributed by atoms with Crippen LogP contribution in [0.1, 0.15) is 6.92 Å². The van der Waals surface area contributed by atoms with Crippen molar-refractivity contribution in [3.8, 4) is 0 Å². The normalized spacial score (nSPS) is 9.75. The number of carbonyl (C=O) groups is 1. The lowest BCUT2D eigenvalue weighted by Crippen LogP contribution is -2.12. The Hall–Kier alpha value is -1.59. The molecule has 1 heterocycles. The maximum atomic E-state index is 10.1. The summed E-state index contributed by atoms with van der Waals surface area (Å²) in [6.07, 6.45) is 1.49. The van der Waals surface area contributed by atoms with Gasteiger partial charge in [-0.15, -0.1) is 5.10 Å². The molecule has 0 aliphatic heterocycles. The third-order valence-corrected chi connectivity index (χ3v) is 1.24. The minimum Gasteiger partial charge on any atom is -0.480 e. The summed E-state index contributed by atoms with van der Waals surface area (Å²) in [5.41, 5.74) is 0. The highest BCUT2D eigenvalue weighted by molar-refractivity contribution is 5.72. The van der Waals surface area contributed by atoms with Gasteiger partial charge in [0.1, 0.15) is 6.54 Å². The van der Waals surface area contributed by atoms with Crippen LogP contribution in [0.25, 0.3) is 0 Å². The molecular weight excluding hydrogens is 160 g/mol. The number of hydrogen-bond acceptors (Lipinski definition) is 4. The number of nitrogens with one attached hydrogen (secondary N) is 1. The van der Waals surface area contributed by atoms with Gasteiger partial charge in [-0.3, -0.25) is 4.79 Å². The molecule has 1 aromatic rings. The molecule has 1 rings (SSSR count). The van der Waals surface area contributed by atoms with Gasteiger partial charge in [0.15, 0.2) is 5.82 Å². The molecule has 6 heteroatoms. The molecule has 0 saturated heterocycles. The molecule has 0 fully saturated rings. The van der Waals surface area contributed by atoms with Gasteiger partial charge in [0, 0.05) is 0 Å². The number of carboxylic acids is 1. The van der Waals surface area contributed by atoms with Crippen LogP contribution < -0.4 is 5.32 Å². The third-order valence-electron chi connectivity index (χ3n) is 1.24. The Bertz CT molecular complexity index is 270. The maximum absolute atomic E-state index is 10.1. The Kier molecular flexibility index (Phi) is 2.62. The minimum atomic E-state index is -0.916. The maximum Gasteiger partial charge on any atom is 0.322 e. The summed E-state index contributed by atoms with van der Waals surface area (Å²) in [4.78, 5) is 11.6.